The van der Waals surface area contributed by atoms with E-state index >= 15 is 0 Å². The highest BCUT2D eigenvalue weighted by atomic mass is 33.1. The van der Waals surface area contributed by atoms with Crippen molar-refractivity contribution in [1.29, 1.82) is 0 Å². The number of rotatable bonds is 17. The topological polar surface area (TPSA) is 355 Å². The molecule has 1 fully saturated rings. The molecule has 5 rings (SSSR count). The number of para-hydroxylation sites is 1. The van der Waals surface area contributed by atoms with E-state index in [-0.39, 0.29) is 49.5 Å². The number of H-pyrrole nitrogens is 1. The van der Waals surface area contributed by atoms with Gasteiger partial charge in [-0.2, -0.15) is 0 Å². The summed E-state index contributed by atoms with van der Waals surface area (Å²) in [4.78, 5) is 116. The summed E-state index contributed by atoms with van der Waals surface area (Å²) in [5.41, 5.74) is 20.3. The maximum absolute atomic E-state index is 14.8. The summed E-state index contributed by atoms with van der Waals surface area (Å²) < 4.78 is 0. The molecule has 0 aliphatic carbocycles. The van der Waals surface area contributed by atoms with Gasteiger partial charge in [-0.3, -0.25) is 38.4 Å². The molecule has 3 unspecified atom stereocenters. The molecule has 73 heavy (non-hydrogen) atoms. The Balaban J connectivity index is 1.58. The number of aromatic hydroxyl groups is 1. The second-order valence-electron chi connectivity index (χ2n) is 18.2. The van der Waals surface area contributed by atoms with E-state index in [4.69, 9.17) is 17.2 Å². The number of aromatic amines is 1. The first-order chi connectivity index (χ1) is 34.8. The zero-order valence-corrected chi connectivity index (χ0v) is 42.6. The molecule has 23 heteroatoms. The third-order valence-corrected chi connectivity index (χ3v) is 14.5. The maximum atomic E-state index is 14.8. The molecule has 4 aromatic rings. The number of aliphatic hydroxyl groups excluding tert-OH is 1. The number of carbonyl (C=O) groups excluding carboxylic acids is 8. The summed E-state index contributed by atoms with van der Waals surface area (Å²) in [6.07, 6.45) is 1.10. The first-order valence-corrected chi connectivity index (χ1v) is 26.5. The molecule has 1 aliphatic rings. The molecule has 9 atom stereocenters. The molecule has 1 saturated heterocycles. The number of hydrogen-bond acceptors (Lipinski definition) is 14. The van der Waals surface area contributed by atoms with Gasteiger partial charge in [0, 0.05) is 41.4 Å². The van der Waals surface area contributed by atoms with Crippen LogP contribution < -0.4 is 54.4 Å². The second-order valence-corrected chi connectivity index (χ2v) is 20.8. The lowest BCUT2D eigenvalue weighted by atomic mass is 10.00. The number of phenols is 1. The Morgan fingerprint density at radius 3 is 2.00 bits per heavy atom. The fourth-order valence-electron chi connectivity index (χ4n) is 7.96. The fraction of sp³-hybridized carbons (Fsp3) is 0.440. The lowest BCUT2D eigenvalue weighted by Crippen LogP contribution is -2.62. The quantitative estimate of drug-likeness (QED) is 0.0476. The smallest absolute Gasteiger partial charge is 0.244 e. The summed E-state index contributed by atoms with van der Waals surface area (Å²) in [7, 11) is 2.03. The summed E-state index contributed by atoms with van der Waals surface area (Å²) in [5, 5.41) is 40.0. The van der Waals surface area contributed by atoms with E-state index in [1.165, 1.54) is 19.1 Å². The van der Waals surface area contributed by atoms with Gasteiger partial charge in [0.15, 0.2) is 0 Å². The number of primary amides is 1. The number of nitrogens with two attached hydrogens (primary N) is 3. The van der Waals surface area contributed by atoms with E-state index in [0.29, 0.717) is 24.0 Å². The van der Waals surface area contributed by atoms with E-state index < -0.39 is 108 Å². The molecule has 8 amide bonds. The summed E-state index contributed by atoms with van der Waals surface area (Å²) in [5.74, 6) is -7.62. The minimum Gasteiger partial charge on any atom is -0.508 e. The number of benzene rings is 3. The van der Waals surface area contributed by atoms with Gasteiger partial charge in [0.25, 0.3) is 0 Å². The molecule has 0 radical (unpaired) electrons. The molecule has 21 nitrogen and oxygen atoms in total. The first kappa shape index (κ1) is 57.2. The molecule has 16 N–H and O–H groups in total. The average molecular weight is 1050 g/mol. The molecule has 1 aromatic heterocycles. The van der Waals surface area contributed by atoms with Gasteiger partial charge in [-0.1, -0.05) is 96.1 Å². The lowest BCUT2D eigenvalue weighted by molar-refractivity contribution is -0.136. The SMILES string of the molecule is CC(C)[C@@H]1NC(=O)C(CCCCN)NC(=O)C(Cc2c[nH]c3ccccc23)NC(=O)[C@H](Cc2ccc(O)cc2)NC(=O)C(NC(=O)[C@H](N)Cc2ccccc2)CSSC[C@@H](C(=O)N[C@H](C(N)=O)[C@@H](C)O)NC1=O. The van der Waals surface area contributed by atoms with Crippen molar-refractivity contribution in [3.63, 3.8) is 0 Å². The van der Waals surface area contributed by atoms with Crippen LogP contribution in [0, 0.1) is 5.92 Å². The van der Waals surface area contributed by atoms with E-state index in [0.717, 1.165) is 38.1 Å². The molecular formula is C50H67N11O10S2. The Hall–Kier alpha value is -6.66. The third-order valence-electron chi connectivity index (χ3n) is 12.1. The van der Waals surface area contributed by atoms with Crippen molar-refractivity contribution in [2.75, 3.05) is 18.1 Å². The van der Waals surface area contributed by atoms with Crippen molar-refractivity contribution >= 4 is 79.7 Å². The van der Waals surface area contributed by atoms with Crippen molar-refractivity contribution in [1.82, 2.24) is 42.2 Å². The number of hydrogen-bond donors (Lipinski definition) is 13. The highest BCUT2D eigenvalue weighted by Crippen LogP contribution is 2.25. The van der Waals surface area contributed by atoms with Gasteiger partial charge >= 0.3 is 0 Å². The molecule has 3 aromatic carbocycles. The van der Waals surface area contributed by atoms with Gasteiger partial charge in [-0.25, -0.2) is 0 Å². The zero-order valence-electron chi connectivity index (χ0n) is 40.9. The predicted molar refractivity (Wildman–Crippen MR) is 279 cm³/mol. The lowest BCUT2D eigenvalue weighted by Gasteiger charge is -2.29. The number of amides is 8. The standard InChI is InChI=1S/C50H67N11O10S2/c1-27(2)41-50(71)59-40(49(70)61-42(28(3)62)43(53)64)26-73-72-25-39(58-44(65)34(52)21-29-11-5-4-6-12-29)48(69)56-37(22-30-16-18-32(63)19-17-30)46(67)57-38(23-31-24-54-35-14-8-7-13-33(31)35)47(68)55-36(45(66)60-41)15-9-10-20-51/h4-8,11-14,16-19,24,27-28,34,36-42,54,62-63H,9-10,15,20-23,25-26,51-52H2,1-3H3,(H2,53,64)(H,55,68)(H,56,69)(H,57,67)(H,58,65)(H,59,71)(H,60,66)(H,61,70)/t28-,34-,36?,37+,38?,39?,40+,41+,42+/m1/s1. The number of nitrogens with one attached hydrogen (secondary N) is 8. The van der Waals surface area contributed by atoms with Crippen LogP contribution in [-0.2, 0) is 57.6 Å². The Morgan fingerprint density at radius 1 is 0.726 bits per heavy atom. The van der Waals surface area contributed by atoms with Crippen LogP contribution in [-0.4, -0.2) is 135 Å². The minimum atomic E-state index is -1.54. The van der Waals surface area contributed by atoms with Gasteiger partial charge in [0.05, 0.1) is 12.1 Å². The van der Waals surface area contributed by atoms with Gasteiger partial charge in [0.1, 0.15) is 48.0 Å². The van der Waals surface area contributed by atoms with Crippen molar-refractivity contribution in [3.8, 4) is 5.75 Å². The number of aliphatic hydroxyl groups is 1. The highest BCUT2D eigenvalue weighted by molar-refractivity contribution is 8.76. The Labute approximate surface area is 431 Å². The molecule has 2 heterocycles. The zero-order chi connectivity index (χ0) is 53.2. The number of phenolic OH excluding ortho intramolecular Hbond substituents is 1. The normalized spacial score (nSPS) is 22.1. The summed E-state index contributed by atoms with van der Waals surface area (Å²) >= 11 is 0. The van der Waals surface area contributed by atoms with E-state index in [2.05, 4.69) is 42.2 Å². The van der Waals surface area contributed by atoms with Crippen LogP contribution in [0.5, 0.6) is 5.75 Å². The molecule has 0 saturated carbocycles. The summed E-state index contributed by atoms with van der Waals surface area (Å²) in [6, 6.07) is 11.5. The van der Waals surface area contributed by atoms with Crippen LogP contribution in [0.25, 0.3) is 10.9 Å². The van der Waals surface area contributed by atoms with E-state index in [1.54, 1.807) is 56.4 Å². The van der Waals surface area contributed by atoms with Crippen LogP contribution in [0.4, 0.5) is 0 Å². The third kappa shape index (κ3) is 17.2. The predicted octanol–water partition coefficient (Wildman–Crippen LogP) is -0.332. The van der Waals surface area contributed by atoms with Crippen molar-refractivity contribution in [2.24, 2.45) is 23.1 Å². The molecule has 394 valence electrons. The highest BCUT2D eigenvalue weighted by Gasteiger charge is 2.36. The van der Waals surface area contributed by atoms with Crippen LogP contribution in [0.3, 0.4) is 0 Å². The maximum Gasteiger partial charge on any atom is 0.244 e. The Morgan fingerprint density at radius 2 is 1.34 bits per heavy atom. The monoisotopic (exact) mass is 1050 g/mol. The van der Waals surface area contributed by atoms with Crippen LogP contribution in [0.15, 0.2) is 85.1 Å². The molecule has 1 aliphatic heterocycles. The molecular weight excluding hydrogens is 979 g/mol. The van der Waals surface area contributed by atoms with Crippen LogP contribution in [0.2, 0.25) is 0 Å². The van der Waals surface area contributed by atoms with Gasteiger partial charge < -0.3 is 69.6 Å². The van der Waals surface area contributed by atoms with Gasteiger partial charge in [-0.15, -0.1) is 0 Å². The van der Waals surface area contributed by atoms with E-state index in [1.807, 2.05) is 30.3 Å². The van der Waals surface area contributed by atoms with Crippen molar-refractivity contribution < 1.29 is 48.6 Å². The second kappa shape index (κ2) is 28.0. The fourth-order valence-corrected chi connectivity index (χ4v) is 10.3. The number of carbonyl (C=O) groups is 8. The number of fused-ring (bicyclic) bond motifs is 1. The minimum absolute atomic E-state index is 0.0484. The summed E-state index contributed by atoms with van der Waals surface area (Å²) in [6.45, 7) is 4.85. The van der Waals surface area contributed by atoms with Crippen LogP contribution >= 0.6 is 21.6 Å². The number of aromatic nitrogens is 1. The van der Waals surface area contributed by atoms with Crippen molar-refractivity contribution in [2.45, 2.75) is 114 Å². The van der Waals surface area contributed by atoms with Crippen molar-refractivity contribution in [3.05, 3.63) is 102 Å². The van der Waals surface area contributed by atoms with Crippen LogP contribution in [0.1, 0.15) is 56.7 Å². The largest absolute Gasteiger partial charge is 0.508 e. The number of unbranched alkanes of at least 4 members (excludes halogenated alkanes) is 1. The molecule has 0 bridgehead atoms. The Kier molecular flexibility index (Phi) is 21.9. The first-order valence-electron chi connectivity index (χ1n) is 24.0. The molecule has 0 spiro atoms. The Bertz CT molecular complexity index is 2530. The average Bonchev–Trinajstić information content (AvgIpc) is 3.76. The van der Waals surface area contributed by atoms with E-state index in [9.17, 15) is 48.6 Å². The van der Waals surface area contributed by atoms with Gasteiger partial charge in [0.2, 0.25) is 47.3 Å². The van der Waals surface area contributed by atoms with Gasteiger partial charge in [-0.05, 0) is 80.0 Å².